The molecule has 1 saturated heterocycles. The molecule has 1 aliphatic heterocycles. The molecule has 72 valence electrons. The third kappa shape index (κ3) is 1.85. The highest BCUT2D eigenvalue weighted by Gasteiger charge is 2.46. The Morgan fingerprint density at radius 2 is 1.38 bits per heavy atom. The molecule has 0 radical (unpaired) electrons. The van der Waals surface area contributed by atoms with Crippen LogP contribution in [-0.4, -0.2) is 18.1 Å². The summed E-state index contributed by atoms with van der Waals surface area (Å²) in [5.74, 6) is -2.70. The van der Waals surface area contributed by atoms with E-state index in [9.17, 15) is 14.4 Å². The van der Waals surface area contributed by atoms with Gasteiger partial charge in [-0.2, -0.15) is 0 Å². The molecule has 0 N–H and O–H groups in total. The fraction of sp³-hybridized carbons (Fsp3) is 0.625. The SMILES string of the molecule is CC(C)(C)C1C(=O)OC(=O)OC1=O. The highest BCUT2D eigenvalue weighted by Crippen LogP contribution is 2.30. The fourth-order valence-electron chi connectivity index (χ4n) is 1.11. The summed E-state index contributed by atoms with van der Waals surface area (Å²) >= 11 is 0. The van der Waals surface area contributed by atoms with Gasteiger partial charge >= 0.3 is 18.1 Å². The summed E-state index contributed by atoms with van der Waals surface area (Å²) in [5, 5.41) is 0. The molecule has 0 atom stereocenters. The Bertz CT molecular complexity index is 253. The molecule has 0 aliphatic carbocycles. The molecule has 0 aromatic rings. The van der Waals surface area contributed by atoms with Crippen LogP contribution in [0, 0.1) is 11.3 Å². The molecule has 5 heteroatoms. The minimum Gasteiger partial charge on any atom is -0.359 e. The predicted molar refractivity (Wildman–Crippen MR) is 40.5 cm³/mol. The first-order chi connectivity index (χ1) is 5.82. The number of hydrogen-bond donors (Lipinski definition) is 0. The minimum absolute atomic E-state index is 0.602. The third-order valence-electron chi connectivity index (χ3n) is 1.71. The van der Waals surface area contributed by atoms with Crippen LogP contribution in [0.25, 0.3) is 0 Å². The van der Waals surface area contributed by atoms with Crippen LogP contribution in [0.3, 0.4) is 0 Å². The van der Waals surface area contributed by atoms with Crippen molar-refractivity contribution < 1.29 is 23.9 Å². The number of rotatable bonds is 0. The van der Waals surface area contributed by atoms with Crippen molar-refractivity contribution in [1.29, 1.82) is 0 Å². The van der Waals surface area contributed by atoms with E-state index in [-0.39, 0.29) is 0 Å². The van der Waals surface area contributed by atoms with Crippen LogP contribution >= 0.6 is 0 Å². The lowest BCUT2D eigenvalue weighted by atomic mass is 9.80. The number of carbonyl (C=O) groups is 3. The molecule has 13 heavy (non-hydrogen) atoms. The quantitative estimate of drug-likeness (QED) is 0.414. The summed E-state index contributed by atoms with van der Waals surface area (Å²) in [7, 11) is 0. The molecule has 0 aromatic heterocycles. The van der Waals surface area contributed by atoms with Gasteiger partial charge in [-0.25, -0.2) is 4.79 Å². The lowest BCUT2D eigenvalue weighted by Gasteiger charge is -2.28. The van der Waals surface area contributed by atoms with Gasteiger partial charge in [0.25, 0.3) is 0 Å². The van der Waals surface area contributed by atoms with Crippen molar-refractivity contribution in [2.24, 2.45) is 11.3 Å². The summed E-state index contributed by atoms with van der Waals surface area (Å²) < 4.78 is 8.35. The van der Waals surface area contributed by atoms with Crippen molar-refractivity contribution in [3.63, 3.8) is 0 Å². The summed E-state index contributed by atoms with van der Waals surface area (Å²) in [5.41, 5.74) is -0.602. The van der Waals surface area contributed by atoms with E-state index in [1.807, 2.05) is 0 Å². The van der Waals surface area contributed by atoms with E-state index in [2.05, 4.69) is 9.47 Å². The fourth-order valence-corrected chi connectivity index (χ4v) is 1.11. The average molecular weight is 186 g/mol. The van der Waals surface area contributed by atoms with Gasteiger partial charge in [-0.15, -0.1) is 0 Å². The molecule has 5 nitrogen and oxygen atoms in total. The molecular weight excluding hydrogens is 176 g/mol. The Labute approximate surface area is 75.0 Å². The van der Waals surface area contributed by atoms with Crippen molar-refractivity contribution in [1.82, 2.24) is 0 Å². The second-order valence-electron chi connectivity index (χ2n) is 3.89. The molecule has 0 unspecified atom stereocenters. The normalized spacial score (nSPS) is 19.8. The van der Waals surface area contributed by atoms with Gasteiger partial charge in [0.15, 0.2) is 5.92 Å². The van der Waals surface area contributed by atoms with Crippen LogP contribution < -0.4 is 0 Å². The Hall–Kier alpha value is -1.39. The number of cyclic esters (lactones) is 4. The Morgan fingerprint density at radius 3 is 1.69 bits per heavy atom. The van der Waals surface area contributed by atoms with E-state index in [0.717, 1.165) is 0 Å². The highest BCUT2D eigenvalue weighted by atomic mass is 16.8. The molecule has 0 bridgehead atoms. The molecular formula is C8H10O5. The predicted octanol–water partition coefficient (Wildman–Crippen LogP) is 0.869. The van der Waals surface area contributed by atoms with Gasteiger partial charge in [-0.05, 0) is 5.41 Å². The summed E-state index contributed by atoms with van der Waals surface area (Å²) in [6, 6.07) is 0. The third-order valence-corrected chi connectivity index (χ3v) is 1.71. The van der Waals surface area contributed by atoms with Crippen molar-refractivity contribution >= 4 is 18.1 Å². The van der Waals surface area contributed by atoms with Crippen LogP contribution in [0.5, 0.6) is 0 Å². The van der Waals surface area contributed by atoms with Gasteiger partial charge < -0.3 is 9.47 Å². The molecule has 0 saturated carbocycles. The smallest absolute Gasteiger partial charge is 0.359 e. The average Bonchev–Trinajstić information content (AvgIpc) is 1.78. The molecule has 1 fully saturated rings. The van der Waals surface area contributed by atoms with Crippen LogP contribution in [0.2, 0.25) is 0 Å². The minimum atomic E-state index is -1.24. The summed E-state index contributed by atoms with van der Waals surface area (Å²) in [6.45, 7) is 5.07. The zero-order valence-corrected chi connectivity index (χ0v) is 7.62. The van der Waals surface area contributed by atoms with E-state index in [4.69, 9.17) is 0 Å². The monoisotopic (exact) mass is 186 g/mol. The Morgan fingerprint density at radius 1 is 1.00 bits per heavy atom. The first-order valence-electron chi connectivity index (χ1n) is 3.79. The standard InChI is InChI=1S/C8H10O5/c1-8(2,3)4-5(9)12-7(11)13-6(4)10/h4H,1-3H3. The summed E-state index contributed by atoms with van der Waals surface area (Å²) in [6.07, 6.45) is -1.24. The number of carbonyl (C=O) groups excluding carboxylic acids is 3. The molecule has 1 heterocycles. The molecule has 1 rings (SSSR count). The van der Waals surface area contributed by atoms with Crippen molar-refractivity contribution in [2.45, 2.75) is 20.8 Å². The maximum atomic E-state index is 11.1. The topological polar surface area (TPSA) is 69.7 Å². The second-order valence-corrected chi connectivity index (χ2v) is 3.89. The molecule has 0 amide bonds. The molecule has 0 aromatic carbocycles. The van der Waals surface area contributed by atoms with Crippen LogP contribution in [0.4, 0.5) is 4.79 Å². The Kier molecular flexibility index (Phi) is 2.11. The first-order valence-corrected chi connectivity index (χ1v) is 3.79. The highest BCUT2D eigenvalue weighted by molar-refractivity contribution is 6.06. The van der Waals surface area contributed by atoms with Gasteiger partial charge in [-0.1, -0.05) is 20.8 Å². The van der Waals surface area contributed by atoms with E-state index < -0.39 is 29.4 Å². The number of hydrogen-bond acceptors (Lipinski definition) is 5. The largest absolute Gasteiger partial charge is 0.524 e. The lowest BCUT2D eigenvalue weighted by molar-refractivity contribution is -0.171. The van der Waals surface area contributed by atoms with Crippen molar-refractivity contribution in [3.05, 3.63) is 0 Å². The van der Waals surface area contributed by atoms with Crippen molar-refractivity contribution in [2.75, 3.05) is 0 Å². The van der Waals surface area contributed by atoms with Crippen LogP contribution in [0.1, 0.15) is 20.8 Å². The van der Waals surface area contributed by atoms with E-state index in [1.165, 1.54) is 0 Å². The van der Waals surface area contributed by atoms with Gasteiger partial charge in [0.1, 0.15) is 0 Å². The van der Waals surface area contributed by atoms with Crippen molar-refractivity contribution in [3.8, 4) is 0 Å². The Balaban J connectivity index is 2.92. The lowest BCUT2D eigenvalue weighted by Crippen LogP contribution is -2.44. The number of ether oxygens (including phenoxy) is 2. The van der Waals surface area contributed by atoms with Gasteiger partial charge in [0.2, 0.25) is 0 Å². The maximum Gasteiger partial charge on any atom is 0.524 e. The zero-order chi connectivity index (χ0) is 10.2. The number of esters is 2. The second kappa shape index (κ2) is 2.83. The van der Waals surface area contributed by atoms with Gasteiger partial charge in [0.05, 0.1) is 0 Å². The zero-order valence-electron chi connectivity index (χ0n) is 7.62. The first kappa shape index (κ1) is 9.70. The van der Waals surface area contributed by atoms with E-state index in [1.54, 1.807) is 20.8 Å². The summed E-state index contributed by atoms with van der Waals surface area (Å²) in [4.78, 5) is 32.7. The van der Waals surface area contributed by atoms with Crippen LogP contribution in [0.15, 0.2) is 0 Å². The van der Waals surface area contributed by atoms with E-state index in [0.29, 0.717) is 0 Å². The molecule has 0 spiro atoms. The van der Waals surface area contributed by atoms with Gasteiger partial charge in [-0.3, -0.25) is 9.59 Å². The van der Waals surface area contributed by atoms with E-state index >= 15 is 0 Å². The molecule has 1 aliphatic rings. The maximum absolute atomic E-state index is 11.1. The van der Waals surface area contributed by atoms with Crippen LogP contribution in [-0.2, 0) is 19.1 Å². The van der Waals surface area contributed by atoms with Gasteiger partial charge in [0, 0.05) is 0 Å².